The summed E-state index contributed by atoms with van der Waals surface area (Å²) in [6.45, 7) is 3.87. The Morgan fingerprint density at radius 3 is 2.57 bits per heavy atom. The van der Waals surface area contributed by atoms with Crippen LogP contribution in [0.1, 0.15) is 16.7 Å². The summed E-state index contributed by atoms with van der Waals surface area (Å²) in [6, 6.07) is 14.7. The monoisotopic (exact) mass is 520 g/mol. The first-order valence-corrected chi connectivity index (χ1v) is 11.5. The van der Waals surface area contributed by atoms with Gasteiger partial charge < -0.3 is 9.47 Å². The lowest BCUT2D eigenvalue weighted by molar-refractivity contribution is -0.122. The van der Waals surface area contributed by atoms with Gasteiger partial charge in [-0.2, -0.15) is 0 Å². The Bertz CT molecular complexity index is 1440. The first-order valence-electron chi connectivity index (χ1n) is 11.2. The van der Waals surface area contributed by atoms with Crippen LogP contribution in [-0.4, -0.2) is 25.0 Å². The highest BCUT2D eigenvalue weighted by molar-refractivity contribution is 6.39. The zero-order valence-corrected chi connectivity index (χ0v) is 20.5. The van der Waals surface area contributed by atoms with E-state index in [1.165, 1.54) is 37.5 Å². The van der Waals surface area contributed by atoms with Crippen LogP contribution in [0.4, 0.5) is 14.9 Å². The number of amides is 4. The number of rotatable bonds is 8. The van der Waals surface area contributed by atoms with E-state index in [-0.39, 0.29) is 23.7 Å². The number of barbiturate groups is 1. The van der Waals surface area contributed by atoms with Crippen LogP contribution in [0, 0.1) is 5.82 Å². The molecule has 37 heavy (non-hydrogen) atoms. The molecule has 1 aliphatic heterocycles. The van der Waals surface area contributed by atoms with Crippen molar-refractivity contribution in [2.75, 3.05) is 12.0 Å². The van der Waals surface area contributed by atoms with Gasteiger partial charge in [0.05, 0.1) is 12.8 Å². The number of nitrogens with one attached hydrogen (secondary N) is 1. The van der Waals surface area contributed by atoms with E-state index >= 15 is 0 Å². The number of methoxy groups -OCH3 is 1. The zero-order valence-electron chi connectivity index (χ0n) is 19.8. The molecule has 0 saturated carbocycles. The molecule has 1 N–H and O–H groups in total. The summed E-state index contributed by atoms with van der Waals surface area (Å²) in [5.41, 5.74) is 1.74. The highest BCUT2D eigenvalue weighted by atomic mass is 35.5. The van der Waals surface area contributed by atoms with Gasteiger partial charge in [-0.05, 0) is 66.1 Å². The largest absolute Gasteiger partial charge is 0.493 e. The van der Waals surface area contributed by atoms with E-state index in [0.29, 0.717) is 39.6 Å². The number of urea groups is 1. The van der Waals surface area contributed by atoms with Gasteiger partial charge in [0, 0.05) is 10.6 Å². The lowest BCUT2D eigenvalue weighted by Crippen LogP contribution is -2.54. The normalized spacial score (nSPS) is 14.5. The maximum Gasteiger partial charge on any atom is 0.335 e. The summed E-state index contributed by atoms with van der Waals surface area (Å²) in [6.07, 6.45) is 3.42. The first kappa shape index (κ1) is 25.7. The molecule has 0 unspecified atom stereocenters. The van der Waals surface area contributed by atoms with Gasteiger partial charge in [0.15, 0.2) is 11.5 Å². The van der Waals surface area contributed by atoms with E-state index in [4.69, 9.17) is 21.1 Å². The predicted molar refractivity (Wildman–Crippen MR) is 138 cm³/mol. The Kier molecular flexibility index (Phi) is 7.69. The van der Waals surface area contributed by atoms with Crippen molar-refractivity contribution < 1.29 is 28.2 Å². The van der Waals surface area contributed by atoms with Crippen molar-refractivity contribution in [2.45, 2.75) is 13.0 Å². The van der Waals surface area contributed by atoms with Crippen LogP contribution in [0.2, 0.25) is 5.02 Å². The second-order valence-electron chi connectivity index (χ2n) is 8.06. The molecule has 4 amide bonds. The maximum absolute atomic E-state index is 13.6. The van der Waals surface area contributed by atoms with Crippen LogP contribution < -0.4 is 19.7 Å². The Balaban J connectivity index is 1.70. The molecule has 9 heteroatoms. The summed E-state index contributed by atoms with van der Waals surface area (Å²) >= 11 is 6.02. The average Bonchev–Trinajstić information content (AvgIpc) is 2.86. The zero-order chi connectivity index (χ0) is 26.5. The number of carbonyl (C=O) groups excluding carboxylic acids is 3. The number of anilines is 1. The first-order chi connectivity index (χ1) is 17.8. The van der Waals surface area contributed by atoms with Crippen molar-refractivity contribution in [3.8, 4) is 11.5 Å². The van der Waals surface area contributed by atoms with Crippen LogP contribution in [-0.2, 0) is 22.6 Å². The van der Waals surface area contributed by atoms with Crippen molar-refractivity contribution in [3.63, 3.8) is 0 Å². The average molecular weight is 521 g/mol. The van der Waals surface area contributed by atoms with Crippen LogP contribution in [0.5, 0.6) is 11.5 Å². The van der Waals surface area contributed by atoms with Gasteiger partial charge in [0.1, 0.15) is 18.0 Å². The second-order valence-corrected chi connectivity index (χ2v) is 8.50. The summed E-state index contributed by atoms with van der Waals surface area (Å²) in [7, 11) is 1.46. The van der Waals surface area contributed by atoms with E-state index in [9.17, 15) is 18.8 Å². The van der Waals surface area contributed by atoms with Crippen LogP contribution >= 0.6 is 11.6 Å². The molecule has 0 aromatic heterocycles. The minimum absolute atomic E-state index is 0.0935. The topological polar surface area (TPSA) is 84.9 Å². The molecule has 4 rings (SSSR count). The second kappa shape index (κ2) is 11.1. The summed E-state index contributed by atoms with van der Waals surface area (Å²) in [5.74, 6) is -1.24. The molecule has 0 aliphatic carbocycles. The molecule has 0 radical (unpaired) electrons. The quantitative estimate of drug-likeness (QED) is 0.242. The fourth-order valence-corrected chi connectivity index (χ4v) is 4.03. The van der Waals surface area contributed by atoms with Crippen LogP contribution in [0.15, 0.2) is 78.9 Å². The third-order valence-corrected chi connectivity index (χ3v) is 5.72. The molecule has 1 aliphatic rings. The molecular formula is C28H22ClFN2O5. The Morgan fingerprint density at radius 1 is 1.08 bits per heavy atom. The SMILES string of the molecule is C=CCc1cc(/C=C2\C(=O)NC(=O)N(c3cccc(Cl)c3)C2=O)cc(OC)c1OCc1cccc(F)c1. The molecular weight excluding hydrogens is 499 g/mol. The van der Waals surface area contributed by atoms with Crippen molar-refractivity contribution in [1.29, 1.82) is 0 Å². The Labute approximate surface area is 217 Å². The van der Waals surface area contributed by atoms with E-state index in [1.54, 1.807) is 42.5 Å². The lowest BCUT2D eigenvalue weighted by atomic mass is 10.0. The maximum atomic E-state index is 13.6. The molecule has 0 atom stereocenters. The van der Waals surface area contributed by atoms with E-state index < -0.39 is 17.8 Å². The molecule has 1 saturated heterocycles. The highest BCUT2D eigenvalue weighted by Gasteiger charge is 2.37. The third kappa shape index (κ3) is 5.70. The smallest absolute Gasteiger partial charge is 0.335 e. The lowest BCUT2D eigenvalue weighted by Gasteiger charge is -2.26. The fraction of sp³-hybridized carbons (Fsp3) is 0.107. The molecule has 7 nitrogen and oxygen atoms in total. The molecule has 1 heterocycles. The molecule has 1 fully saturated rings. The van der Waals surface area contributed by atoms with Crippen LogP contribution in [0.25, 0.3) is 6.08 Å². The van der Waals surface area contributed by atoms with Gasteiger partial charge in [0.2, 0.25) is 0 Å². The number of benzene rings is 3. The molecule has 188 valence electrons. The van der Waals surface area contributed by atoms with Gasteiger partial charge in [-0.3, -0.25) is 14.9 Å². The Hall–Kier alpha value is -4.43. The summed E-state index contributed by atoms with van der Waals surface area (Å²) in [4.78, 5) is 39.1. The van der Waals surface area contributed by atoms with Crippen molar-refractivity contribution in [3.05, 3.63) is 106 Å². The van der Waals surface area contributed by atoms with Crippen LogP contribution in [0.3, 0.4) is 0 Å². The van der Waals surface area contributed by atoms with Gasteiger partial charge in [-0.1, -0.05) is 35.9 Å². The van der Waals surface area contributed by atoms with E-state index in [1.807, 2.05) is 0 Å². The molecule has 3 aromatic carbocycles. The number of nitrogens with zero attached hydrogens (tertiary/aromatic N) is 1. The van der Waals surface area contributed by atoms with Gasteiger partial charge >= 0.3 is 6.03 Å². The summed E-state index contributed by atoms with van der Waals surface area (Å²) in [5, 5.41) is 2.51. The standard InChI is InChI=1S/C28H22ClFN2O5/c1-3-6-19-11-18(14-24(36-2)25(19)37-16-17-7-4-9-21(30)12-17)13-23-26(33)31-28(35)32(27(23)34)22-10-5-8-20(29)15-22/h3-5,7-15H,1,6,16H2,2H3,(H,31,33,35)/b23-13+. The minimum Gasteiger partial charge on any atom is -0.493 e. The molecule has 0 spiro atoms. The van der Waals surface area contributed by atoms with Gasteiger partial charge in [-0.15, -0.1) is 6.58 Å². The number of carbonyl (C=O) groups is 3. The number of imide groups is 2. The molecule has 3 aromatic rings. The number of ether oxygens (including phenoxy) is 2. The van der Waals surface area contributed by atoms with Crippen molar-refractivity contribution in [2.24, 2.45) is 0 Å². The summed E-state index contributed by atoms with van der Waals surface area (Å²) < 4.78 is 25.1. The minimum atomic E-state index is -0.875. The number of allylic oxidation sites excluding steroid dienone is 1. The van der Waals surface area contributed by atoms with Gasteiger partial charge in [0.25, 0.3) is 11.8 Å². The highest BCUT2D eigenvalue weighted by Crippen LogP contribution is 2.35. The van der Waals surface area contributed by atoms with Gasteiger partial charge in [-0.25, -0.2) is 14.1 Å². The predicted octanol–water partition coefficient (Wildman–Crippen LogP) is 5.46. The third-order valence-electron chi connectivity index (χ3n) is 5.49. The fourth-order valence-electron chi connectivity index (χ4n) is 3.85. The van der Waals surface area contributed by atoms with E-state index in [2.05, 4.69) is 11.9 Å². The van der Waals surface area contributed by atoms with Crippen molar-refractivity contribution >= 4 is 41.2 Å². The number of halogens is 2. The molecule has 0 bridgehead atoms. The van der Waals surface area contributed by atoms with Crippen molar-refractivity contribution in [1.82, 2.24) is 5.32 Å². The number of hydrogen-bond donors (Lipinski definition) is 1. The Morgan fingerprint density at radius 2 is 1.86 bits per heavy atom. The number of hydrogen-bond acceptors (Lipinski definition) is 5. The van der Waals surface area contributed by atoms with E-state index in [0.717, 1.165) is 4.90 Å².